The van der Waals surface area contributed by atoms with Gasteiger partial charge in [-0.25, -0.2) is 0 Å². The van der Waals surface area contributed by atoms with Crippen molar-refractivity contribution in [3.63, 3.8) is 0 Å². The summed E-state index contributed by atoms with van der Waals surface area (Å²) in [5.74, 6) is -4.14. The van der Waals surface area contributed by atoms with Crippen LogP contribution in [-0.4, -0.2) is 41.4 Å². The lowest BCUT2D eigenvalue weighted by atomic mass is 9.59. The van der Waals surface area contributed by atoms with Crippen molar-refractivity contribution in [2.75, 3.05) is 12.0 Å². The molecule has 2 aromatic carbocycles. The Labute approximate surface area is 244 Å². The quantitative estimate of drug-likeness (QED) is 0.222. The van der Waals surface area contributed by atoms with E-state index in [-0.39, 0.29) is 59.1 Å². The molecule has 9 heteroatoms. The number of carbonyl (C=O) groups is 5. The number of ketones is 3. The Hall–Kier alpha value is -4.11. The summed E-state index contributed by atoms with van der Waals surface area (Å²) >= 11 is 3.46. The Morgan fingerprint density at radius 1 is 1.05 bits per heavy atom. The van der Waals surface area contributed by atoms with Crippen LogP contribution in [0, 0.1) is 17.8 Å². The molecule has 8 nitrogen and oxygen atoms in total. The molecule has 41 heavy (non-hydrogen) atoms. The first-order valence-electron chi connectivity index (χ1n) is 13.3. The average Bonchev–Trinajstić information content (AvgIpc) is 3.21. The number of fused-ring (bicyclic) bond motifs is 3. The number of methoxy groups -OCH3 is 1. The van der Waals surface area contributed by atoms with Gasteiger partial charge in [-0.15, -0.1) is 0 Å². The molecule has 0 aromatic heterocycles. The summed E-state index contributed by atoms with van der Waals surface area (Å²) in [5, 5.41) is 11.2. The van der Waals surface area contributed by atoms with E-state index in [0.717, 1.165) is 5.57 Å². The van der Waals surface area contributed by atoms with E-state index in [4.69, 9.17) is 4.74 Å². The highest BCUT2D eigenvalue weighted by Crippen LogP contribution is 2.57. The first-order chi connectivity index (χ1) is 19.5. The number of ether oxygens (including phenoxy) is 1. The molecule has 0 radical (unpaired) electrons. The van der Waals surface area contributed by atoms with Gasteiger partial charge in [0.15, 0.2) is 28.8 Å². The fraction of sp³-hybridized carbons (Fsp3) is 0.281. The minimum absolute atomic E-state index is 0.126. The van der Waals surface area contributed by atoms with Crippen LogP contribution < -0.4 is 9.64 Å². The zero-order valence-electron chi connectivity index (χ0n) is 22.6. The number of nitrogens with zero attached hydrogens (tertiary/aromatic N) is 1. The summed E-state index contributed by atoms with van der Waals surface area (Å²) in [7, 11) is 1.42. The Balaban J connectivity index is 1.49. The van der Waals surface area contributed by atoms with Crippen LogP contribution in [-0.2, 0) is 19.2 Å². The van der Waals surface area contributed by atoms with Gasteiger partial charge in [0.05, 0.1) is 24.6 Å². The minimum Gasteiger partial charge on any atom is -0.504 e. The fourth-order valence-electron chi connectivity index (χ4n) is 6.81. The molecule has 1 N–H and O–H groups in total. The molecule has 4 atom stereocenters. The van der Waals surface area contributed by atoms with E-state index in [0.29, 0.717) is 32.4 Å². The van der Waals surface area contributed by atoms with Gasteiger partial charge in [-0.1, -0.05) is 27.6 Å². The van der Waals surface area contributed by atoms with Crippen molar-refractivity contribution in [1.29, 1.82) is 0 Å². The molecule has 1 fully saturated rings. The second-order valence-corrected chi connectivity index (χ2v) is 11.8. The topological polar surface area (TPSA) is 118 Å². The molecule has 0 bridgehead atoms. The largest absolute Gasteiger partial charge is 0.504 e. The number of hydrogen-bond donors (Lipinski definition) is 1. The number of amides is 2. The zero-order valence-corrected chi connectivity index (χ0v) is 24.2. The van der Waals surface area contributed by atoms with Gasteiger partial charge >= 0.3 is 0 Å². The highest BCUT2D eigenvalue weighted by molar-refractivity contribution is 9.10. The number of anilines is 1. The van der Waals surface area contributed by atoms with Crippen molar-refractivity contribution in [2.45, 2.75) is 32.6 Å². The number of phenols is 1. The molecule has 3 aliphatic carbocycles. The summed E-state index contributed by atoms with van der Waals surface area (Å²) in [6.45, 7) is 3.03. The number of phenolic OH excluding ortho intramolecular Hbond substituents is 1. The monoisotopic (exact) mass is 615 g/mol. The van der Waals surface area contributed by atoms with E-state index in [9.17, 15) is 29.1 Å². The number of rotatable bonds is 4. The Bertz CT molecular complexity index is 1680. The fourth-order valence-corrected chi connectivity index (χ4v) is 7.26. The van der Waals surface area contributed by atoms with Crippen LogP contribution in [0.2, 0.25) is 0 Å². The second-order valence-electron chi connectivity index (χ2n) is 10.9. The summed E-state index contributed by atoms with van der Waals surface area (Å²) in [6, 6.07) is 9.64. The smallest absolute Gasteiger partial charge is 0.238 e. The van der Waals surface area contributed by atoms with Gasteiger partial charge in [0.1, 0.15) is 0 Å². The minimum atomic E-state index is -0.802. The SMILES string of the molecule is COc1cc(Br)cc(C2C3=CCC4C(=O)N(c5ccc(C(C)=O)cc5)C(=O)C4C3CC3=C2C(=O)C=C(C)C3=O)c1O. The van der Waals surface area contributed by atoms with Crippen LogP contribution in [0.1, 0.15) is 48.5 Å². The molecule has 1 aliphatic heterocycles. The van der Waals surface area contributed by atoms with Crippen LogP contribution in [0.5, 0.6) is 11.5 Å². The average molecular weight is 616 g/mol. The van der Waals surface area contributed by atoms with Gasteiger partial charge in [0.25, 0.3) is 0 Å². The Morgan fingerprint density at radius 3 is 2.41 bits per heavy atom. The zero-order chi connectivity index (χ0) is 29.3. The number of imide groups is 1. The third-order valence-corrected chi connectivity index (χ3v) is 9.15. The number of halogens is 1. The van der Waals surface area contributed by atoms with Gasteiger partial charge < -0.3 is 9.84 Å². The predicted molar refractivity (Wildman–Crippen MR) is 153 cm³/mol. The van der Waals surface area contributed by atoms with Crippen LogP contribution in [0.4, 0.5) is 5.69 Å². The van der Waals surface area contributed by atoms with E-state index in [1.165, 1.54) is 25.0 Å². The molecule has 6 rings (SSSR count). The molecular formula is C32H26BrNO7. The summed E-state index contributed by atoms with van der Waals surface area (Å²) < 4.78 is 5.98. The highest BCUT2D eigenvalue weighted by Gasteiger charge is 2.57. The molecular weight excluding hydrogens is 590 g/mol. The molecule has 1 saturated heterocycles. The maximum Gasteiger partial charge on any atom is 0.238 e. The third kappa shape index (κ3) is 4.05. The second kappa shape index (κ2) is 9.76. The summed E-state index contributed by atoms with van der Waals surface area (Å²) in [4.78, 5) is 67.5. The predicted octanol–water partition coefficient (Wildman–Crippen LogP) is 5.00. The van der Waals surface area contributed by atoms with Gasteiger partial charge in [-0.3, -0.25) is 28.9 Å². The number of aromatic hydroxyl groups is 1. The van der Waals surface area contributed by atoms with Crippen LogP contribution in [0.15, 0.2) is 75.3 Å². The standard InChI is InChI=1S/C32H26BrNO7/c1-14-10-24(36)28-23(29(14)37)13-21-19(26(28)22-11-17(33)12-25(41-3)30(22)38)8-9-20-27(21)32(40)34(31(20)39)18-6-4-16(5-7-18)15(2)35/h4-8,10-12,20-21,26-27,38H,9,13H2,1-3H3. The number of benzene rings is 2. The lowest BCUT2D eigenvalue weighted by Crippen LogP contribution is -2.39. The van der Waals surface area contributed by atoms with E-state index in [1.54, 1.807) is 43.3 Å². The molecule has 0 saturated carbocycles. The normalized spacial score (nSPS) is 25.4. The van der Waals surface area contributed by atoms with Crippen molar-refractivity contribution in [2.24, 2.45) is 17.8 Å². The Kier molecular flexibility index (Phi) is 6.45. The van der Waals surface area contributed by atoms with Crippen molar-refractivity contribution in [3.8, 4) is 11.5 Å². The van der Waals surface area contributed by atoms with E-state index in [2.05, 4.69) is 15.9 Å². The van der Waals surface area contributed by atoms with Crippen LogP contribution >= 0.6 is 15.9 Å². The van der Waals surface area contributed by atoms with Crippen molar-refractivity contribution in [1.82, 2.24) is 0 Å². The third-order valence-electron chi connectivity index (χ3n) is 8.69. The molecule has 0 spiro atoms. The molecule has 4 aliphatic rings. The van der Waals surface area contributed by atoms with E-state index in [1.807, 2.05) is 6.08 Å². The van der Waals surface area contributed by atoms with Gasteiger partial charge in [0.2, 0.25) is 11.8 Å². The van der Waals surface area contributed by atoms with Gasteiger partial charge in [-0.2, -0.15) is 0 Å². The Morgan fingerprint density at radius 2 is 1.76 bits per heavy atom. The number of hydrogen-bond acceptors (Lipinski definition) is 7. The number of carbonyl (C=O) groups excluding carboxylic acids is 5. The summed E-state index contributed by atoms with van der Waals surface area (Å²) in [5.41, 5.74) is 2.85. The lowest BCUT2D eigenvalue weighted by molar-refractivity contribution is -0.123. The molecule has 4 unspecified atom stereocenters. The molecule has 2 aromatic rings. The van der Waals surface area contributed by atoms with Crippen molar-refractivity contribution in [3.05, 3.63) is 86.4 Å². The van der Waals surface area contributed by atoms with Gasteiger partial charge in [0, 0.05) is 38.2 Å². The van der Waals surface area contributed by atoms with Gasteiger partial charge in [-0.05, 0) is 75.1 Å². The number of Topliss-reactive ketones (excluding diaryl/α,β-unsaturated/α-hetero) is 2. The summed E-state index contributed by atoms with van der Waals surface area (Å²) in [6.07, 6.45) is 3.62. The van der Waals surface area contributed by atoms with Crippen molar-refractivity contribution >= 4 is 50.8 Å². The molecule has 2 amide bonds. The van der Waals surface area contributed by atoms with Crippen LogP contribution in [0.25, 0.3) is 0 Å². The molecule has 1 heterocycles. The van der Waals surface area contributed by atoms with Crippen LogP contribution in [0.3, 0.4) is 0 Å². The maximum absolute atomic E-state index is 14.0. The van der Waals surface area contributed by atoms with E-state index < -0.39 is 23.7 Å². The maximum atomic E-state index is 14.0. The number of allylic oxidation sites excluding steroid dienone is 6. The van der Waals surface area contributed by atoms with E-state index >= 15 is 0 Å². The highest BCUT2D eigenvalue weighted by atomic mass is 79.9. The van der Waals surface area contributed by atoms with Crippen molar-refractivity contribution < 1.29 is 33.8 Å². The first kappa shape index (κ1) is 27.1. The lowest BCUT2D eigenvalue weighted by Gasteiger charge is -2.42. The molecule has 208 valence electrons. The first-order valence-corrected chi connectivity index (χ1v) is 14.1.